The van der Waals surface area contributed by atoms with Crippen LogP contribution < -0.4 is 4.74 Å². The second-order valence-corrected chi connectivity index (χ2v) is 9.24. The summed E-state index contributed by atoms with van der Waals surface area (Å²) in [7, 11) is 1.59. The number of phenols is 1. The van der Waals surface area contributed by atoms with Crippen molar-refractivity contribution in [1.82, 2.24) is 9.88 Å². The van der Waals surface area contributed by atoms with Gasteiger partial charge in [-0.3, -0.25) is 4.90 Å². The van der Waals surface area contributed by atoms with E-state index in [1.807, 2.05) is 12.1 Å². The molecule has 30 heavy (non-hydrogen) atoms. The molecule has 0 radical (unpaired) electrons. The highest BCUT2D eigenvalue weighted by Crippen LogP contribution is 2.60. The topological polar surface area (TPSA) is 68.7 Å². The van der Waals surface area contributed by atoms with Crippen LogP contribution in [0.25, 0.3) is 10.9 Å². The maximum atomic E-state index is 12.5. The number of aliphatic hydroxyl groups is 1. The van der Waals surface area contributed by atoms with Crippen LogP contribution in [-0.4, -0.2) is 51.9 Å². The number of rotatable bonds is 2. The lowest BCUT2D eigenvalue weighted by molar-refractivity contribution is -0.150. The van der Waals surface area contributed by atoms with Gasteiger partial charge in [-0.1, -0.05) is 31.2 Å². The molecule has 0 amide bonds. The molecule has 1 aliphatic heterocycles. The molecule has 3 aromatic rings. The molecule has 156 valence electrons. The van der Waals surface area contributed by atoms with Gasteiger partial charge in [0, 0.05) is 46.5 Å². The molecule has 3 atom stereocenters. The van der Waals surface area contributed by atoms with E-state index in [9.17, 15) is 10.2 Å². The van der Waals surface area contributed by atoms with Gasteiger partial charge in [0.1, 0.15) is 0 Å². The van der Waals surface area contributed by atoms with Crippen molar-refractivity contribution in [2.24, 2.45) is 0 Å². The zero-order chi connectivity index (χ0) is 20.7. The number of methoxy groups -OCH3 is 1. The van der Waals surface area contributed by atoms with Gasteiger partial charge in [0.15, 0.2) is 11.5 Å². The summed E-state index contributed by atoms with van der Waals surface area (Å²) in [6, 6.07) is 12.4. The summed E-state index contributed by atoms with van der Waals surface area (Å²) in [5, 5.41) is 25.0. The number of hydrogen-bond acceptors (Lipinski definition) is 4. The quantitative estimate of drug-likeness (QED) is 0.613. The Hall–Kier alpha value is -2.50. The second kappa shape index (κ2) is 6.02. The van der Waals surface area contributed by atoms with Crippen molar-refractivity contribution in [1.29, 1.82) is 0 Å². The van der Waals surface area contributed by atoms with Crippen LogP contribution in [-0.2, 0) is 24.7 Å². The standard InChI is InChI=1S/C25H28N2O3/c1-3-27-11-10-24-14-19-17(16-6-4-5-7-18(16)26-19)13-25(24,29)21(27)12-15-8-9-20(30-2)23(28)22(15)24/h4-9,21,26,28-29H,3,10-14H2,1-2H3/t21-,24-,25-/m1/s1. The molecule has 3 aliphatic rings. The van der Waals surface area contributed by atoms with E-state index in [0.29, 0.717) is 18.6 Å². The Bertz CT molecular complexity index is 1170. The molecular weight excluding hydrogens is 376 g/mol. The largest absolute Gasteiger partial charge is 0.504 e. The summed E-state index contributed by atoms with van der Waals surface area (Å²) in [5.41, 5.74) is 4.14. The molecule has 2 aliphatic carbocycles. The van der Waals surface area contributed by atoms with Crippen molar-refractivity contribution in [3.05, 3.63) is 58.8 Å². The van der Waals surface area contributed by atoms with E-state index in [2.05, 4.69) is 41.1 Å². The lowest BCUT2D eigenvalue weighted by Crippen LogP contribution is -2.74. The number of benzene rings is 2. The molecule has 2 heterocycles. The first-order chi connectivity index (χ1) is 14.5. The predicted molar refractivity (Wildman–Crippen MR) is 116 cm³/mol. The van der Waals surface area contributed by atoms with Crippen molar-refractivity contribution >= 4 is 10.9 Å². The summed E-state index contributed by atoms with van der Waals surface area (Å²) in [6.45, 7) is 4.02. The van der Waals surface area contributed by atoms with Crippen LogP contribution in [0.3, 0.4) is 0 Å². The maximum Gasteiger partial charge on any atom is 0.161 e. The summed E-state index contributed by atoms with van der Waals surface area (Å²) in [6.07, 6.45) is 2.87. The molecule has 0 unspecified atom stereocenters. The third kappa shape index (κ3) is 2.05. The Morgan fingerprint density at radius 1 is 1.20 bits per heavy atom. The Balaban J connectivity index is 1.65. The van der Waals surface area contributed by atoms with E-state index in [0.717, 1.165) is 42.6 Å². The number of piperidine rings is 1. The van der Waals surface area contributed by atoms with Gasteiger partial charge in [-0.2, -0.15) is 0 Å². The minimum atomic E-state index is -0.934. The van der Waals surface area contributed by atoms with Gasteiger partial charge in [0.25, 0.3) is 0 Å². The second-order valence-electron chi connectivity index (χ2n) is 9.24. The van der Waals surface area contributed by atoms with Crippen molar-refractivity contribution in [2.75, 3.05) is 20.2 Å². The minimum absolute atomic E-state index is 0.0401. The third-order valence-corrected chi connectivity index (χ3v) is 8.22. The fourth-order valence-electron chi connectivity index (χ4n) is 6.83. The summed E-state index contributed by atoms with van der Waals surface area (Å²) in [4.78, 5) is 6.06. The number of H-pyrrole nitrogens is 1. The summed E-state index contributed by atoms with van der Waals surface area (Å²) in [5.74, 6) is 0.695. The van der Waals surface area contributed by atoms with E-state index in [-0.39, 0.29) is 11.8 Å². The van der Waals surface area contributed by atoms with Crippen LogP contribution in [0.5, 0.6) is 11.5 Å². The number of likely N-dealkylation sites (tertiary alicyclic amines) is 1. The van der Waals surface area contributed by atoms with Crippen LogP contribution in [0, 0.1) is 0 Å². The number of hydrogen-bond donors (Lipinski definition) is 3. The number of fused-ring (bicyclic) bond motifs is 4. The highest BCUT2D eigenvalue weighted by atomic mass is 16.5. The number of phenolic OH excluding ortho intramolecular Hbond substituents is 1. The van der Waals surface area contributed by atoms with Crippen molar-refractivity contribution < 1.29 is 14.9 Å². The Morgan fingerprint density at radius 3 is 2.83 bits per heavy atom. The van der Waals surface area contributed by atoms with Crippen LogP contribution in [0.1, 0.15) is 35.7 Å². The Morgan fingerprint density at radius 2 is 2.03 bits per heavy atom. The summed E-state index contributed by atoms with van der Waals surface area (Å²) < 4.78 is 5.47. The fraction of sp³-hybridized carbons (Fsp3) is 0.440. The average Bonchev–Trinajstić information content (AvgIpc) is 3.08. The van der Waals surface area contributed by atoms with Gasteiger partial charge < -0.3 is 19.9 Å². The van der Waals surface area contributed by atoms with Gasteiger partial charge in [-0.05, 0) is 49.2 Å². The monoisotopic (exact) mass is 404 g/mol. The van der Waals surface area contributed by atoms with Gasteiger partial charge in [0.2, 0.25) is 0 Å². The van der Waals surface area contributed by atoms with E-state index in [1.165, 1.54) is 16.6 Å². The predicted octanol–water partition coefficient (Wildman–Crippen LogP) is 3.30. The van der Waals surface area contributed by atoms with E-state index >= 15 is 0 Å². The molecule has 2 bridgehead atoms. The first-order valence-electron chi connectivity index (χ1n) is 11.0. The average molecular weight is 405 g/mol. The number of nitrogens with zero attached hydrogens (tertiary/aromatic N) is 1. The molecule has 1 saturated heterocycles. The molecule has 5 nitrogen and oxygen atoms in total. The SMILES string of the molecule is CCN1CC[C@]23Cc4[nH]c5ccccc5c4C[C@@]2(O)[C@H]1Cc1ccc(OC)c(O)c13. The van der Waals surface area contributed by atoms with Gasteiger partial charge in [0.05, 0.1) is 12.7 Å². The van der Waals surface area contributed by atoms with Crippen LogP contribution >= 0.6 is 0 Å². The summed E-state index contributed by atoms with van der Waals surface area (Å²) >= 11 is 0. The zero-order valence-corrected chi connectivity index (χ0v) is 17.5. The number of nitrogens with one attached hydrogen (secondary N) is 1. The lowest BCUT2D eigenvalue weighted by atomic mass is 9.49. The highest BCUT2D eigenvalue weighted by Gasteiger charge is 2.65. The molecule has 2 aromatic carbocycles. The van der Waals surface area contributed by atoms with Crippen LogP contribution in [0.2, 0.25) is 0 Å². The number of likely N-dealkylation sites (N-methyl/N-ethyl adjacent to an activating group) is 1. The third-order valence-electron chi connectivity index (χ3n) is 8.22. The normalized spacial score (nSPS) is 29.9. The van der Waals surface area contributed by atoms with Gasteiger partial charge in [-0.25, -0.2) is 0 Å². The number of para-hydroxylation sites is 1. The Labute approximate surface area is 176 Å². The maximum absolute atomic E-state index is 12.5. The molecule has 0 saturated carbocycles. The number of aromatic nitrogens is 1. The highest BCUT2D eigenvalue weighted by molar-refractivity contribution is 5.85. The van der Waals surface area contributed by atoms with E-state index < -0.39 is 11.0 Å². The van der Waals surface area contributed by atoms with Gasteiger partial charge >= 0.3 is 0 Å². The van der Waals surface area contributed by atoms with E-state index in [4.69, 9.17) is 4.74 Å². The molecular formula is C25H28N2O3. The van der Waals surface area contributed by atoms with Crippen LogP contribution in [0.4, 0.5) is 0 Å². The molecule has 1 aromatic heterocycles. The molecule has 1 fully saturated rings. The minimum Gasteiger partial charge on any atom is -0.504 e. The van der Waals surface area contributed by atoms with Crippen molar-refractivity contribution in [3.63, 3.8) is 0 Å². The molecule has 5 heteroatoms. The molecule has 0 spiro atoms. The number of aromatic hydroxyl groups is 1. The molecule has 6 rings (SSSR count). The Kier molecular flexibility index (Phi) is 3.67. The lowest BCUT2D eigenvalue weighted by Gasteiger charge is -2.63. The van der Waals surface area contributed by atoms with E-state index in [1.54, 1.807) is 7.11 Å². The van der Waals surface area contributed by atoms with Crippen LogP contribution in [0.15, 0.2) is 36.4 Å². The van der Waals surface area contributed by atoms with Crippen molar-refractivity contribution in [3.8, 4) is 11.5 Å². The first kappa shape index (κ1) is 18.3. The fourth-order valence-corrected chi connectivity index (χ4v) is 6.83. The van der Waals surface area contributed by atoms with Crippen molar-refractivity contribution in [2.45, 2.75) is 49.7 Å². The smallest absolute Gasteiger partial charge is 0.161 e. The zero-order valence-electron chi connectivity index (χ0n) is 17.5. The number of ether oxygens (including phenoxy) is 1. The van der Waals surface area contributed by atoms with Gasteiger partial charge in [-0.15, -0.1) is 0 Å². The molecule has 3 N–H and O–H groups in total. The number of aromatic amines is 1. The first-order valence-corrected chi connectivity index (χ1v) is 11.0.